The molecule has 1 N–H and O–H groups in total. The Morgan fingerprint density at radius 2 is 2.04 bits per heavy atom. The Kier molecular flexibility index (Phi) is 4.37. The maximum atomic E-state index is 12.2. The monoisotopic (exact) mass is 364 g/mol. The average molecular weight is 365 g/mol. The SMILES string of the molecule is O=C(NCc1cn2cc(Cl)ccc2n1)c1cc([N+](=O)[O-])ccc1Cl. The fraction of sp³-hybridized carbons (Fsp3) is 0.0667. The Labute approximate surface area is 146 Å². The Bertz CT molecular complexity index is 955. The number of benzene rings is 1. The van der Waals surface area contributed by atoms with Crippen molar-refractivity contribution >= 4 is 40.4 Å². The van der Waals surface area contributed by atoms with Gasteiger partial charge in [0.2, 0.25) is 0 Å². The topological polar surface area (TPSA) is 89.5 Å². The first kappa shape index (κ1) is 16.2. The standard InChI is InChI=1S/C15H10Cl2N4O3/c16-9-1-4-14-19-10(8-20(14)7-9)6-18-15(22)12-5-11(21(23)24)2-3-13(12)17/h1-5,7-8H,6H2,(H,18,22). The number of imidazole rings is 1. The number of carbonyl (C=O) groups excluding carboxylic acids is 1. The summed E-state index contributed by atoms with van der Waals surface area (Å²) >= 11 is 11.8. The number of hydrogen-bond donors (Lipinski definition) is 1. The van der Waals surface area contributed by atoms with E-state index < -0.39 is 10.8 Å². The highest BCUT2D eigenvalue weighted by atomic mass is 35.5. The van der Waals surface area contributed by atoms with Gasteiger partial charge in [-0.3, -0.25) is 14.9 Å². The number of non-ortho nitro benzene ring substituents is 1. The molecule has 0 aliphatic heterocycles. The highest BCUT2D eigenvalue weighted by Gasteiger charge is 2.16. The van der Waals surface area contributed by atoms with Crippen LogP contribution in [0, 0.1) is 10.1 Å². The second-order valence-electron chi connectivity index (χ2n) is 4.95. The molecule has 0 aliphatic carbocycles. The van der Waals surface area contributed by atoms with E-state index in [1.165, 1.54) is 12.1 Å². The van der Waals surface area contributed by atoms with Crippen molar-refractivity contribution in [1.82, 2.24) is 14.7 Å². The van der Waals surface area contributed by atoms with Crippen molar-refractivity contribution in [2.24, 2.45) is 0 Å². The molecule has 0 radical (unpaired) electrons. The molecule has 2 heterocycles. The van der Waals surface area contributed by atoms with E-state index in [-0.39, 0.29) is 22.8 Å². The number of fused-ring (bicyclic) bond motifs is 1. The molecule has 0 spiro atoms. The largest absolute Gasteiger partial charge is 0.346 e. The van der Waals surface area contributed by atoms with Gasteiger partial charge in [0.15, 0.2) is 0 Å². The van der Waals surface area contributed by atoms with Crippen molar-refractivity contribution in [2.45, 2.75) is 6.54 Å². The molecule has 3 aromatic rings. The first-order valence-electron chi connectivity index (χ1n) is 6.79. The number of pyridine rings is 1. The van der Waals surface area contributed by atoms with Crippen LogP contribution in [-0.4, -0.2) is 20.2 Å². The number of aromatic nitrogens is 2. The van der Waals surface area contributed by atoms with Crippen LogP contribution in [0.5, 0.6) is 0 Å². The molecule has 9 heteroatoms. The van der Waals surface area contributed by atoms with E-state index in [9.17, 15) is 14.9 Å². The van der Waals surface area contributed by atoms with Gasteiger partial charge in [-0.15, -0.1) is 0 Å². The Balaban J connectivity index is 1.77. The van der Waals surface area contributed by atoms with Gasteiger partial charge >= 0.3 is 0 Å². The molecule has 1 aromatic carbocycles. The Hall–Kier alpha value is -2.64. The molecule has 0 unspecified atom stereocenters. The van der Waals surface area contributed by atoms with E-state index in [2.05, 4.69) is 10.3 Å². The zero-order chi connectivity index (χ0) is 17.3. The summed E-state index contributed by atoms with van der Waals surface area (Å²) in [6.07, 6.45) is 3.43. The molecular formula is C15H10Cl2N4O3. The third-order valence-electron chi connectivity index (χ3n) is 3.30. The second-order valence-corrected chi connectivity index (χ2v) is 5.79. The van der Waals surface area contributed by atoms with Crippen LogP contribution in [0.25, 0.3) is 5.65 Å². The van der Waals surface area contributed by atoms with E-state index in [1.54, 1.807) is 28.9 Å². The number of nitrogens with zero attached hydrogens (tertiary/aromatic N) is 3. The van der Waals surface area contributed by atoms with Crippen LogP contribution in [0.2, 0.25) is 10.0 Å². The van der Waals surface area contributed by atoms with Crippen LogP contribution >= 0.6 is 23.2 Å². The van der Waals surface area contributed by atoms with Crippen LogP contribution in [-0.2, 0) is 6.54 Å². The number of halogens is 2. The number of carbonyl (C=O) groups is 1. The van der Waals surface area contributed by atoms with E-state index in [4.69, 9.17) is 23.2 Å². The number of nitro groups is 1. The van der Waals surface area contributed by atoms with Gasteiger partial charge in [-0.1, -0.05) is 23.2 Å². The van der Waals surface area contributed by atoms with Crippen molar-refractivity contribution in [2.75, 3.05) is 0 Å². The highest BCUT2D eigenvalue weighted by molar-refractivity contribution is 6.34. The molecular weight excluding hydrogens is 355 g/mol. The number of nitro benzene ring substituents is 1. The van der Waals surface area contributed by atoms with Gasteiger partial charge in [-0.2, -0.15) is 0 Å². The fourth-order valence-corrected chi connectivity index (χ4v) is 2.54. The Morgan fingerprint density at radius 1 is 1.25 bits per heavy atom. The summed E-state index contributed by atoms with van der Waals surface area (Å²) in [6.45, 7) is 0.150. The lowest BCUT2D eigenvalue weighted by atomic mass is 10.2. The smallest absolute Gasteiger partial charge is 0.270 e. The molecule has 0 atom stereocenters. The van der Waals surface area contributed by atoms with Crippen LogP contribution < -0.4 is 5.32 Å². The normalized spacial score (nSPS) is 10.8. The van der Waals surface area contributed by atoms with Gasteiger partial charge in [-0.25, -0.2) is 4.98 Å². The molecule has 2 aromatic heterocycles. The minimum Gasteiger partial charge on any atom is -0.346 e. The van der Waals surface area contributed by atoms with Gasteiger partial charge in [0, 0.05) is 24.5 Å². The summed E-state index contributed by atoms with van der Waals surface area (Å²) in [5.41, 5.74) is 1.15. The number of hydrogen-bond acceptors (Lipinski definition) is 4. The Morgan fingerprint density at radius 3 is 2.79 bits per heavy atom. The van der Waals surface area contributed by atoms with E-state index >= 15 is 0 Å². The summed E-state index contributed by atoms with van der Waals surface area (Å²) in [5.74, 6) is -0.515. The maximum Gasteiger partial charge on any atom is 0.270 e. The summed E-state index contributed by atoms with van der Waals surface area (Å²) in [4.78, 5) is 26.8. The zero-order valence-corrected chi connectivity index (χ0v) is 13.6. The second kappa shape index (κ2) is 6.46. The van der Waals surface area contributed by atoms with Crippen molar-refractivity contribution in [1.29, 1.82) is 0 Å². The van der Waals surface area contributed by atoms with Crippen LogP contribution in [0.15, 0.2) is 42.7 Å². The molecule has 0 saturated carbocycles. The predicted molar refractivity (Wildman–Crippen MR) is 89.5 cm³/mol. The van der Waals surface area contributed by atoms with E-state index in [0.717, 1.165) is 6.07 Å². The third kappa shape index (κ3) is 3.32. The molecule has 0 saturated heterocycles. The van der Waals surface area contributed by atoms with Crippen LogP contribution in [0.1, 0.15) is 16.1 Å². The lowest BCUT2D eigenvalue weighted by Gasteiger charge is -2.05. The van der Waals surface area contributed by atoms with Crippen molar-refractivity contribution in [3.05, 3.63) is 74.1 Å². The van der Waals surface area contributed by atoms with Gasteiger partial charge < -0.3 is 9.72 Å². The molecule has 122 valence electrons. The lowest BCUT2D eigenvalue weighted by molar-refractivity contribution is -0.384. The van der Waals surface area contributed by atoms with Gasteiger partial charge in [0.25, 0.3) is 11.6 Å². The number of amides is 1. The molecule has 0 aliphatic rings. The van der Waals surface area contributed by atoms with Gasteiger partial charge in [0.05, 0.1) is 32.8 Å². The molecule has 3 rings (SSSR count). The van der Waals surface area contributed by atoms with Crippen molar-refractivity contribution in [3.8, 4) is 0 Å². The minimum absolute atomic E-state index is 0.0395. The third-order valence-corrected chi connectivity index (χ3v) is 3.85. The van der Waals surface area contributed by atoms with Gasteiger partial charge in [0.1, 0.15) is 5.65 Å². The highest BCUT2D eigenvalue weighted by Crippen LogP contribution is 2.22. The van der Waals surface area contributed by atoms with Gasteiger partial charge in [-0.05, 0) is 18.2 Å². The van der Waals surface area contributed by atoms with Crippen LogP contribution in [0.4, 0.5) is 5.69 Å². The summed E-state index contributed by atoms with van der Waals surface area (Å²) in [7, 11) is 0. The first-order chi connectivity index (χ1) is 11.4. The summed E-state index contributed by atoms with van der Waals surface area (Å²) in [6, 6.07) is 7.17. The average Bonchev–Trinajstić information content (AvgIpc) is 2.94. The zero-order valence-electron chi connectivity index (χ0n) is 12.1. The number of nitrogens with one attached hydrogen (secondary N) is 1. The minimum atomic E-state index is -0.584. The van der Waals surface area contributed by atoms with Crippen molar-refractivity contribution in [3.63, 3.8) is 0 Å². The van der Waals surface area contributed by atoms with E-state index in [1.807, 2.05) is 0 Å². The van der Waals surface area contributed by atoms with Crippen molar-refractivity contribution < 1.29 is 9.72 Å². The van der Waals surface area contributed by atoms with E-state index in [0.29, 0.717) is 16.4 Å². The van der Waals surface area contributed by atoms with Crippen LogP contribution in [0.3, 0.4) is 0 Å². The maximum absolute atomic E-state index is 12.2. The quantitative estimate of drug-likeness (QED) is 0.566. The predicted octanol–water partition coefficient (Wildman–Crippen LogP) is 3.48. The molecule has 0 fully saturated rings. The molecule has 0 bridgehead atoms. The molecule has 24 heavy (non-hydrogen) atoms. The fourth-order valence-electron chi connectivity index (χ4n) is 2.17. The number of rotatable bonds is 4. The molecule has 7 nitrogen and oxygen atoms in total. The molecule has 1 amide bonds. The summed E-state index contributed by atoms with van der Waals surface area (Å²) in [5, 5.41) is 14.2. The summed E-state index contributed by atoms with van der Waals surface area (Å²) < 4.78 is 1.74. The first-order valence-corrected chi connectivity index (χ1v) is 7.55. The lowest BCUT2D eigenvalue weighted by Crippen LogP contribution is -2.23.